The molecule has 5 atom stereocenters. The van der Waals surface area contributed by atoms with Crippen molar-refractivity contribution in [1.29, 1.82) is 0 Å². The molecule has 1 aromatic heterocycles. The fourth-order valence-electron chi connectivity index (χ4n) is 8.27. The summed E-state index contributed by atoms with van der Waals surface area (Å²) in [6.45, 7) is 1.37. The number of nitro benzene ring substituents is 1. The number of aliphatic hydroxyl groups is 1. The number of thiophene rings is 1. The fourth-order valence-corrected chi connectivity index (χ4v) is 9.60. The van der Waals surface area contributed by atoms with Crippen molar-refractivity contribution >= 4 is 44.9 Å². The van der Waals surface area contributed by atoms with Crippen LogP contribution in [0.3, 0.4) is 0 Å². The average molecular weight is 667 g/mol. The number of phenolic OH excluding ortho intramolecular Hbond substituents is 1. The number of piperidine rings is 1. The zero-order valence-corrected chi connectivity index (χ0v) is 26.0. The maximum absolute atomic E-state index is 13.4. The quantitative estimate of drug-likeness (QED) is 0.206. The van der Waals surface area contributed by atoms with Crippen molar-refractivity contribution in [3.8, 4) is 11.5 Å². The highest BCUT2D eigenvalue weighted by molar-refractivity contribution is 9.10. The number of ether oxygens (including phenoxy) is 1. The van der Waals surface area contributed by atoms with Gasteiger partial charge in [0, 0.05) is 51.6 Å². The number of carbonyl (C=O) groups is 1. The number of aromatic hydroxyl groups is 1. The normalized spacial score (nSPS) is 28.9. The minimum atomic E-state index is -1.24. The van der Waals surface area contributed by atoms with E-state index in [1.165, 1.54) is 23.0 Å². The van der Waals surface area contributed by atoms with Gasteiger partial charge in [-0.05, 0) is 72.3 Å². The molecule has 2 aliphatic heterocycles. The van der Waals surface area contributed by atoms with Crippen LogP contribution in [0.4, 0.5) is 5.69 Å². The lowest BCUT2D eigenvalue weighted by Crippen LogP contribution is -2.78. The van der Waals surface area contributed by atoms with E-state index in [1.807, 2.05) is 29.6 Å². The lowest BCUT2D eigenvalue weighted by molar-refractivity contribution is -0.386. The zero-order valence-electron chi connectivity index (χ0n) is 23.6. The van der Waals surface area contributed by atoms with Gasteiger partial charge in [-0.25, -0.2) is 0 Å². The number of nitro groups is 1. The highest BCUT2D eigenvalue weighted by Crippen LogP contribution is 2.67. The third-order valence-electron chi connectivity index (χ3n) is 10.2. The van der Waals surface area contributed by atoms with Gasteiger partial charge in [0.2, 0.25) is 5.91 Å². The van der Waals surface area contributed by atoms with Gasteiger partial charge in [0.05, 0.1) is 28.0 Å². The molecular formula is C32H32BrN3O6S. The summed E-state index contributed by atoms with van der Waals surface area (Å²) >= 11 is 4.97. The Morgan fingerprint density at radius 2 is 2.09 bits per heavy atom. The number of nitrogens with zero attached hydrogens (tertiary/aromatic N) is 3. The summed E-state index contributed by atoms with van der Waals surface area (Å²) in [5.74, 6) is -0.275. The van der Waals surface area contributed by atoms with Crippen LogP contribution >= 0.6 is 27.3 Å². The molecule has 0 radical (unpaired) electrons. The number of hydrogen-bond acceptors (Lipinski definition) is 8. The number of likely N-dealkylation sites (N-methyl/N-ethyl adjacent to an activating group) is 1. The fraction of sp³-hybridized carbons (Fsp3) is 0.406. The largest absolute Gasteiger partial charge is 0.504 e. The van der Waals surface area contributed by atoms with Crippen molar-refractivity contribution in [3.63, 3.8) is 0 Å². The standard InChI is InChI=1S/C32H32BrN3O6S/c1-34(27(38)8-7-21-15-20(33)18-43-21)23-9-11-32(39)26-16-22-24(36(40)41)17-25(37)29-28(22)31(32,30(23)42-29)12-14-35(26)13-10-19-5-3-2-4-6-19/h2-8,15,17-18,23,26,30,37,39H,9-14,16H2,1H3/b8-7+/t23-,26-,30+,31+,32-/m1/s1. The highest BCUT2D eigenvalue weighted by Gasteiger charge is 2.74. The van der Waals surface area contributed by atoms with Crippen molar-refractivity contribution < 1.29 is 24.7 Å². The van der Waals surface area contributed by atoms with Crippen molar-refractivity contribution in [1.82, 2.24) is 9.80 Å². The lowest BCUT2D eigenvalue weighted by Gasteiger charge is -2.64. The van der Waals surface area contributed by atoms with E-state index in [9.17, 15) is 25.1 Å². The number of phenols is 1. The lowest BCUT2D eigenvalue weighted by atomic mass is 9.48. The van der Waals surface area contributed by atoms with E-state index < -0.39 is 28.1 Å². The molecule has 1 spiro atoms. The van der Waals surface area contributed by atoms with E-state index in [2.05, 4.69) is 33.0 Å². The van der Waals surface area contributed by atoms with E-state index in [0.29, 0.717) is 49.9 Å². The third kappa shape index (κ3) is 4.27. The first kappa shape index (κ1) is 28.5. The maximum atomic E-state index is 13.4. The second kappa shape index (κ2) is 10.4. The Balaban J connectivity index is 1.28. The van der Waals surface area contributed by atoms with Crippen molar-refractivity contribution in [2.45, 2.75) is 61.3 Å². The first-order chi connectivity index (χ1) is 20.6. The summed E-state index contributed by atoms with van der Waals surface area (Å²) in [4.78, 5) is 30.2. The summed E-state index contributed by atoms with van der Waals surface area (Å²) < 4.78 is 7.50. The Kier molecular flexibility index (Phi) is 6.92. The van der Waals surface area contributed by atoms with Gasteiger partial charge in [-0.3, -0.25) is 19.8 Å². The molecule has 7 rings (SSSR count). The van der Waals surface area contributed by atoms with Crippen LogP contribution in [-0.2, 0) is 23.1 Å². The molecule has 9 nitrogen and oxygen atoms in total. The second-order valence-corrected chi connectivity index (χ2v) is 13.9. The van der Waals surface area contributed by atoms with Crippen LogP contribution in [-0.4, -0.2) is 74.8 Å². The van der Waals surface area contributed by atoms with Gasteiger partial charge in [0.1, 0.15) is 6.10 Å². The number of halogens is 1. The molecule has 0 unspecified atom stereocenters. The molecule has 2 N–H and O–H groups in total. The second-order valence-electron chi connectivity index (χ2n) is 12.1. The predicted molar refractivity (Wildman–Crippen MR) is 166 cm³/mol. The third-order valence-corrected chi connectivity index (χ3v) is 11.9. The topological polar surface area (TPSA) is 116 Å². The summed E-state index contributed by atoms with van der Waals surface area (Å²) in [6.07, 6.45) is 5.16. The molecule has 3 aromatic rings. The maximum Gasteiger partial charge on any atom is 0.276 e. The van der Waals surface area contributed by atoms with E-state index >= 15 is 0 Å². The highest BCUT2D eigenvalue weighted by atomic mass is 79.9. The minimum absolute atomic E-state index is 0.145. The summed E-state index contributed by atoms with van der Waals surface area (Å²) in [5.41, 5.74) is -0.0992. The van der Waals surface area contributed by atoms with Crippen molar-refractivity contribution in [2.24, 2.45) is 0 Å². The minimum Gasteiger partial charge on any atom is -0.504 e. The Morgan fingerprint density at radius 1 is 1.30 bits per heavy atom. The van der Waals surface area contributed by atoms with E-state index in [-0.39, 0.29) is 29.1 Å². The van der Waals surface area contributed by atoms with Crippen molar-refractivity contribution in [2.75, 3.05) is 20.1 Å². The molecule has 2 fully saturated rings. The van der Waals surface area contributed by atoms with Gasteiger partial charge in [-0.2, -0.15) is 0 Å². The molecule has 2 aromatic carbocycles. The Labute approximate surface area is 261 Å². The number of benzene rings is 2. The summed E-state index contributed by atoms with van der Waals surface area (Å²) in [5, 5.41) is 38.0. The first-order valence-electron chi connectivity index (χ1n) is 14.5. The van der Waals surface area contributed by atoms with E-state index in [4.69, 9.17) is 4.74 Å². The molecule has 224 valence electrons. The molecule has 11 heteroatoms. The Bertz CT molecular complexity index is 1650. The number of amides is 1. The number of hydrogen-bond donors (Lipinski definition) is 2. The van der Waals surface area contributed by atoms with Crippen molar-refractivity contribution in [3.05, 3.63) is 90.1 Å². The first-order valence-corrected chi connectivity index (χ1v) is 16.2. The van der Waals surface area contributed by atoms with Crippen LogP contribution in [0.5, 0.6) is 11.5 Å². The van der Waals surface area contributed by atoms with Gasteiger partial charge < -0.3 is 19.8 Å². The molecule has 1 saturated heterocycles. The molecular weight excluding hydrogens is 634 g/mol. The monoisotopic (exact) mass is 665 g/mol. The molecule has 2 bridgehead atoms. The number of carbonyl (C=O) groups excluding carboxylic acids is 1. The van der Waals surface area contributed by atoms with Gasteiger partial charge in [0.25, 0.3) is 5.69 Å². The molecule has 1 saturated carbocycles. The Morgan fingerprint density at radius 3 is 2.81 bits per heavy atom. The van der Waals surface area contributed by atoms with Gasteiger partial charge in [0.15, 0.2) is 11.5 Å². The van der Waals surface area contributed by atoms with E-state index in [1.54, 1.807) is 24.1 Å². The smallest absolute Gasteiger partial charge is 0.276 e. The van der Waals surface area contributed by atoms with Crippen LogP contribution in [0.1, 0.15) is 40.8 Å². The van der Waals surface area contributed by atoms with E-state index in [0.717, 1.165) is 15.8 Å². The van der Waals surface area contributed by atoms with Crippen LogP contribution in [0.2, 0.25) is 0 Å². The summed E-state index contributed by atoms with van der Waals surface area (Å²) in [7, 11) is 1.74. The molecule has 4 aliphatic rings. The summed E-state index contributed by atoms with van der Waals surface area (Å²) in [6, 6.07) is 12.5. The molecule has 3 heterocycles. The van der Waals surface area contributed by atoms with Crippen LogP contribution in [0, 0.1) is 10.1 Å². The van der Waals surface area contributed by atoms with Gasteiger partial charge in [-0.15, -0.1) is 11.3 Å². The van der Waals surface area contributed by atoms with Gasteiger partial charge >= 0.3 is 0 Å². The number of rotatable bonds is 7. The molecule has 1 amide bonds. The van der Waals surface area contributed by atoms with Crippen LogP contribution < -0.4 is 4.74 Å². The Hall–Kier alpha value is -3.25. The average Bonchev–Trinajstić information content (AvgIpc) is 3.57. The molecule has 2 aliphatic carbocycles. The van der Waals surface area contributed by atoms with Crippen LogP contribution in [0.25, 0.3) is 6.08 Å². The number of likely N-dealkylation sites (tertiary alicyclic amines) is 1. The van der Waals surface area contributed by atoms with Crippen LogP contribution in [0.15, 0.2) is 58.4 Å². The predicted octanol–water partition coefficient (Wildman–Crippen LogP) is 5.06. The van der Waals surface area contributed by atoms with Gasteiger partial charge in [-0.1, -0.05) is 30.3 Å². The zero-order chi connectivity index (χ0) is 30.1. The SMILES string of the molecule is CN(C(=O)/C=C/c1cc(Br)cs1)[C@@H]1CC[C@@]2(O)[C@H]3Cc4c([N+](=O)[O-])cc(O)c5c4[C@@]2(CCN3CCc2ccccc2)[C@H]1O5. The molecule has 43 heavy (non-hydrogen) atoms.